The molecule has 1 aromatic heterocycles. The van der Waals surface area contributed by atoms with Crippen molar-refractivity contribution in [2.75, 3.05) is 0 Å². The van der Waals surface area contributed by atoms with Gasteiger partial charge in [0.15, 0.2) is 5.76 Å². The van der Waals surface area contributed by atoms with Crippen LogP contribution in [-0.2, 0) is 9.59 Å². The molecule has 0 spiro atoms. The Morgan fingerprint density at radius 3 is 2.40 bits per heavy atom. The number of furan rings is 1. The summed E-state index contributed by atoms with van der Waals surface area (Å²) < 4.78 is 4.95. The fourth-order valence-corrected chi connectivity index (χ4v) is 3.58. The van der Waals surface area contributed by atoms with Gasteiger partial charge in [-0.05, 0) is 30.4 Å². The zero-order chi connectivity index (χ0) is 13.9. The van der Waals surface area contributed by atoms with Crippen LogP contribution in [0.15, 0.2) is 35.0 Å². The highest BCUT2D eigenvalue weighted by molar-refractivity contribution is 6.08. The number of hydrogen-bond acceptors (Lipinski definition) is 4. The van der Waals surface area contributed by atoms with E-state index < -0.39 is 5.91 Å². The Bertz CT molecular complexity index is 604. The summed E-state index contributed by atoms with van der Waals surface area (Å²) in [6.45, 7) is 0. The van der Waals surface area contributed by atoms with Crippen LogP contribution in [0.3, 0.4) is 0 Å². The Morgan fingerprint density at radius 2 is 1.85 bits per heavy atom. The molecule has 1 N–H and O–H groups in total. The van der Waals surface area contributed by atoms with Crippen molar-refractivity contribution in [3.63, 3.8) is 0 Å². The van der Waals surface area contributed by atoms with Crippen molar-refractivity contribution < 1.29 is 18.8 Å². The second kappa shape index (κ2) is 3.82. The molecule has 2 aliphatic carbocycles. The van der Waals surface area contributed by atoms with Gasteiger partial charge in [0, 0.05) is 0 Å². The third-order valence-electron chi connectivity index (χ3n) is 4.43. The highest BCUT2D eigenvalue weighted by Crippen LogP contribution is 2.52. The summed E-state index contributed by atoms with van der Waals surface area (Å²) in [4.78, 5) is 36.5. The standard InChI is InChI=1S/C14H12N2O4/c17-12(9-2-1-5-20-9)15-16-13(18)10-7-3-4-8(6-7)11(10)14(16)19/h1-5,7-8,10-11H,6H2,(H,15,17)/t7-,8-,10+,11+/m0/s1. The molecule has 20 heavy (non-hydrogen) atoms. The van der Waals surface area contributed by atoms with Gasteiger partial charge in [0.25, 0.3) is 11.8 Å². The number of fused-ring (bicyclic) bond motifs is 5. The van der Waals surface area contributed by atoms with Gasteiger partial charge in [-0.15, -0.1) is 0 Å². The molecule has 4 rings (SSSR count). The molecular weight excluding hydrogens is 260 g/mol. The number of nitrogens with one attached hydrogen (secondary N) is 1. The van der Waals surface area contributed by atoms with E-state index in [0.717, 1.165) is 11.4 Å². The largest absolute Gasteiger partial charge is 0.459 e. The maximum Gasteiger partial charge on any atom is 0.305 e. The average Bonchev–Trinajstić information content (AvgIpc) is 3.18. The van der Waals surface area contributed by atoms with Crippen molar-refractivity contribution in [2.24, 2.45) is 23.7 Å². The van der Waals surface area contributed by atoms with Crippen LogP contribution in [0.4, 0.5) is 0 Å². The number of hydrazine groups is 1. The molecule has 2 fully saturated rings. The minimum absolute atomic E-state index is 0.0729. The van der Waals surface area contributed by atoms with E-state index in [1.165, 1.54) is 12.3 Å². The van der Waals surface area contributed by atoms with Crippen molar-refractivity contribution in [3.05, 3.63) is 36.3 Å². The number of imide groups is 1. The first-order chi connectivity index (χ1) is 9.66. The van der Waals surface area contributed by atoms with Crippen molar-refractivity contribution in [3.8, 4) is 0 Å². The molecule has 6 nitrogen and oxygen atoms in total. The number of rotatable bonds is 2. The SMILES string of the molecule is O=C(NN1C(=O)[C@H]2[C@H](C1=O)[C@H]1C=C[C@H]2C1)c1ccco1. The predicted octanol–water partition coefficient (Wildman–Crippen LogP) is 0.732. The van der Waals surface area contributed by atoms with E-state index in [1.807, 2.05) is 12.2 Å². The Balaban J connectivity index is 1.57. The smallest absolute Gasteiger partial charge is 0.305 e. The molecule has 102 valence electrons. The van der Waals surface area contributed by atoms with Gasteiger partial charge in [0.2, 0.25) is 0 Å². The number of allylic oxidation sites excluding steroid dienone is 2. The van der Waals surface area contributed by atoms with Crippen LogP contribution in [0.2, 0.25) is 0 Å². The third kappa shape index (κ3) is 1.36. The lowest BCUT2D eigenvalue weighted by Gasteiger charge is -2.17. The molecule has 3 aliphatic rings. The summed E-state index contributed by atoms with van der Waals surface area (Å²) in [6, 6.07) is 3.05. The van der Waals surface area contributed by atoms with E-state index in [2.05, 4.69) is 5.43 Å². The molecule has 1 saturated carbocycles. The molecule has 2 bridgehead atoms. The van der Waals surface area contributed by atoms with Gasteiger partial charge in [0.1, 0.15) is 0 Å². The van der Waals surface area contributed by atoms with Gasteiger partial charge in [0.05, 0.1) is 18.1 Å². The molecule has 0 aromatic carbocycles. The lowest BCUT2D eigenvalue weighted by atomic mass is 9.85. The molecule has 1 aromatic rings. The summed E-state index contributed by atoms with van der Waals surface area (Å²) in [5.41, 5.74) is 2.35. The molecule has 4 atom stereocenters. The van der Waals surface area contributed by atoms with Crippen molar-refractivity contribution in [2.45, 2.75) is 6.42 Å². The highest BCUT2D eigenvalue weighted by Gasteiger charge is 2.59. The molecular formula is C14H12N2O4. The molecule has 3 amide bonds. The number of nitrogens with zero attached hydrogens (tertiary/aromatic N) is 1. The second-order valence-electron chi connectivity index (χ2n) is 5.43. The van der Waals surface area contributed by atoms with Crippen molar-refractivity contribution in [1.82, 2.24) is 10.4 Å². The third-order valence-corrected chi connectivity index (χ3v) is 4.43. The molecule has 0 unspecified atom stereocenters. The summed E-state index contributed by atoms with van der Waals surface area (Å²) in [5, 5.41) is 0.867. The maximum atomic E-state index is 12.3. The van der Waals surface area contributed by atoms with Gasteiger partial charge in [-0.25, -0.2) is 0 Å². The first kappa shape index (κ1) is 11.5. The second-order valence-corrected chi connectivity index (χ2v) is 5.43. The topological polar surface area (TPSA) is 79.6 Å². The van der Waals surface area contributed by atoms with Crippen LogP contribution in [0.1, 0.15) is 17.0 Å². The molecule has 0 radical (unpaired) electrons. The first-order valence-corrected chi connectivity index (χ1v) is 6.57. The van der Waals surface area contributed by atoms with E-state index >= 15 is 0 Å². The van der Waals surface area contributed by atoms with Crippen LogP contribution < -0.4 is 5.43 Å². The molecule has 1 saturated heterocycles. The minimum Gasteiger partial charge on any atom is -0.459 e. The zero-order valence-electron chi connectivity index (χ0n) is 10.5. The number of carbonyl (C=O) groups is 3. The zero-order valence-corrected chi connectivity index (χ0v) is 10.5. The molecule has 2 heterocycles. The fourth-order valence-electron chi connectivity index (χ4n) is 3.58. The number of carbonyl (C=O) groups excluding carboxylic acids is 3. The average molecular weight is 272 g/mol. The number of hydrogen-bond donors (Lipinski definition) is 1. The van der Waals surface area contributed by atoms with Gasteiger partial charge in [-0.2, -0.15) is 5.01 Å². The Kier molecular flexibility index (Phi) is 2.19. The van der Waals surface area contributed by atoms with Crippen LogP contribution in [0.25, 0.3) is 0 Å². The monoisotopic (exact) mass is 272 g/mol. The lowest BCUT2D eigenvalue weighted by molar-refractivity contribution is -0.143. The highest BCUT2D eigenvalue weighted by atomic mass is 16.3. The Labute approximate surface area is 114 Å². The minimum atomic E-state index is -0.586. The molecule has 6 heteroatoms. The van der Waals surface area contributed by atoms with Gasteiger partial charge in [-0.1, -0.05) is 12.2 Å². The summed E-state index contributed by atoms with van der Waals surface area (Å²) in [7, 11) is 0. The number of amides is 3. The molecule has 1 aliphatic heterocycles. The van der Waals surface area contributed by atoms with Crippen molar-refractivity contribution in [1.29, 1.82) is 0 Å². The van der Waals surface area contributed by atoms with Crippen LogP contribution in [-0.4, -0.2) is 22.7 Å². The Hall–Kier alpha value is -2.37. The van der Waals surface area contributed by atoms with Crippen LogP contribution in [0.5, 0.6) is 0 Å². The van der Waals surface area contributed by atoms with E-state index in [4.69, 9.17) is 4.42 Å². The van der Waals surface area contributed by atoms with E-state index in [9.17, 15) is 14.4 Å². The van der Waals surface area contributed by atoms with Crippen molar-refractivity contribution >= 4 is 17.7 Å². The van der Waals surface area contributed by atoms with E-state index in [0.29, 0.717) is 0 Å². The lowest BCUT2D eigenvalue weighted by Crippen LogP contribution is -2.47. The summed E-state index contributed by atoms with van der Waals surface area (Å²) in [6.07, 6.45) is 6.25. The fraction of sp³-hybridized carbons (Fsp3) is 0.357. The van der Waals surface area contributed by atoms with Gasteiger partial charge >= 0.3 is 5.91 Å². The first-order valence-electron chi connectivity index (χ1n) is 6.57. The van der Waals surface area contributed by atoms with E-state index in [1.54, 1.807) is 6.07 Å². The van der Waals surface area contributed by atoms with E-state index in [-0.39, 0.29) is 41.2 Å². The predicted molar refractivity (Wildman–Crippen MR) is 65.7 cm³/mol. The maximum absolute atomic E-state index is 12.3. The summed E-state index contributed by atoms with van der Waals surface area (Å²) in [5.74, 6) is -1.49. The normalized spacial score (nSPS) is 33.9. The quantitative estimate of drug-likeness (QED) is 0.636. The summed E-state index contributed by atoms with van der Waals surface area (Å²) >= 11 is 0. The van der Waals surface area contributed by atoms with Gasteiger partial charge < -0.3 is 4.42 Å². The van der Waals surface area contributed by atoms with Crippen LogP contribution in [0, 0.1) is 23.7 Å². The van der Waals surface area contributed by atoms with Gasteiger partial charge in [-0.3, -0.25) is 19.8 Å². The van der Waals surface area contributed by atoms with Crippen LogP contribution >= 0.6 is 0 Å². The Morgan fingerprint density at radius 1 is 1.20 bits per heavy atom.